The van der Waals surface area contributed by atoms with E-state index in [1.165, 1.54) is 6.07 Å². The van der Waals surface area contributed by atoms with E-state index in [2.05, 4.69) is 5.32 Å². The summed E-state index contributed by atoms with van der Waals surface area (Å²) in [6.45, 7) is 0. The van der Waals surface area contributed by atoms with Crippen molar-refractivity contribution in [3.63, 3.8) is 0 Å². The van der Waals surface area contributed by atoms with Crippen LogP contribution in [0, 0.1) is 11.2 Å². The van der Waals surface area contributed by atoms with Crippen LogP contribution in [0.25, 0.3) is 0 Å². The van der Waals surface area contributed by atoms with Crippen molar-refractivity contribution in [2.24, 2.45) is 5.41 Å². The molecule has 0 spiro atoms. The number of carboxylic acids is 1. The van der Waals surface area contributed by atoms with Gasteiger partial charge in [-0.05, 0) is 31.0 Å². The first-order valence-electron chi connectivity index (χ1n) is 4.95. The molecule has 90 valence electrons. The summed E-state index contributed by atoms with van der Waals surface area (Å²) in [6, 6.07) is 3.49. The van der Waals surface area contributed by atoms with E-state index in [1.807, 2.05) is 0 Å². The lowest BCUT2D eigenvalue weighted by molar-refractivity contribution is -0.147. The maximum absolute atomic E-state index is 12.8. The highest BCUT2D eigenvalue weighted by Crippen LogP contribution is 2.47. The van der Waals surface area contributed by atoms with Gasteiger partial charge in [0.15, 0.2) is 0 Å². The highest BCUT2D eigenvalue weighted by Gasteiger charge is 2.57. The SMILES string of the molecule is O=C(O)C1(C(=O)Nc2ccc(F)cc2Cl)CC1. The van der Waals surface area contributed by atoms with Gasteiger partial charge in [0, 0.05) is 0 Å². The summed E-state index contributed by atoms with van der Waals surface area (Å²) in [5, 5.41) is 11.4. The average Bonchev–Trinajstić information content (AvgIpc) is 3.02. The predicted octanol–water partition coefficient (Wildman–Crippen LogP) is 2.28. The summed E-state index contributed by atoms with van der Waals surface area (Å²) < 4.78 is 12.8. The predicted molar refractivity (Wildman–Crippen MR) is 59.3 cm³/mol. The molecule has 0 heterocycles. The minimum atomic E-state index is -1.34. The summed E-state index contributed by atoms with van der Waals surface area (Å²) in [6.07, 6.45) is 0.625. The van der Waals surface area contributed by atoms with Crippen molar-refractivity contribution in [3.05, 3.63) is 29.0 Å². The van der Waals surface area contributed by atoms with Crippen molar-refractivity contribution in [1.29, 1.82) is 0 Å². The Balaban J connectivity index is 2.17. The number of benzene rings is 1. The van der Waals surface area contributed by atoms with Crippen molar-refractivity contribution in [3.8, 4) is 0 Å². The van der Waals surface area contributed by atoms with Crippen LogP contribution in [0.1, 0.15) is 12.8 Å². The van der Waals surface area contributed by atoms with Gasteiger partial charge in [0.05, 0.1) is 10.7 Å². The van der Waals surface area contributed by atoms with Crippen LogP contribution in [-0.2, 0) is 9.59 Å². The number of carbonyl (C=O) groups excluding carboxylic acids is 1. The van der Waals surface area contributed by atoms with Gasteiger partial charge in [-0.1, -0.05) is 11.6 Å². The summed E-state index contributed by atoms with van der Waals surface area (Å²) in [7, 11) is 0. The van der Waals surface area contributed by atoms with Crippen LogP contribution in [0.3, 0.4) is 0 Å². The van der Waals surface area contributed by atoms with Crippen LogP contribution in [0.15, 0.2) is 18.2 Å². The molecule has 1 fully saturated rings. The molecule has 1 saturated carbocycles. The number of amides is 1. The molecule has 17 heavy (non-hydrogen) atoms. The number of aliphatic carboxylic acids is 1. The molecule has 1 aromatic carbocycles. The monoisotopic (exact) mass is 257 g/mol. The molecule has 1 aliphatic rings. The summed E-state index contributed by atoms with van der Waals surface area (Å²) >= 11 is 5.72. The molecule has 1 aliphatic carbocycles. The maximum atomic E-state index is 12.8. The quantitative estimate of drug-likeness (QED) is 0.817. The number of carboxylic acid groups (broad SMARTS) is 1. The lowest BCUT2D eigenvalue weighted by atomic mass is 10.1. The normalized spacial score (nSPS) is 16.4. The topological polar surface area (TPSA) is 66.4 Å². The van der Waals surface area contributed by atoms with Gasteiger partial charge >= 0.3 is 5.97 Å². The Labute approximate surface area is 101 Å². The van der Waals surface area contributed by atoms with Gasteiger partial charge < -0.3 is 10.4 Å². The molecule has 0 saturated heterocycles. The molecular formula is C11H9ClFNO3. The minimum absolute atomic E-state index is 0.0412. The Morgan fingerprint density at radius 3 is 2.53 bits per heavy atom. The molecule has 0 radical (unpaired) electrons. The van der Waals surface area contributed by atoms with Crippen molar-refractivity contribution in [1.82, 2.24) is 0 Å². The first kappa shape index (κ1) is 11.9. The molecule has 2 rings (SSSR count). The second kappa shape index (κ2) is 4.00. The van der Waals surface area contributed by atoms with Crippen molar-refractivity contribution >= 4 is 29.2 Å². The Morgan fingerprint density at radius 1 is 1.41 bits per heavy atom. The number of hydrogen-bond donors (Lipinski definition) is 2. The number of halogens is 2. The minimum Gasteiger partial charge on any atom is -0.480 e. The van der Waals surface area contributed by atoms with Crippen LogP contribution in [-0.4, -0.2) is 17.0 Å². The zero-order valence-corrected chi connectivity index (χ0v) is 9.42. The fourth-order valence-electron chi connectivity index (χ4n) is 1.50. The van der Waals surface area contributed by atoms with Gasteiger partial charge in [0.2, 0.25) is 5.91 Å². The van der Waals surface area contributed by atoms with Gasteiger partial charge in [-0.3, -0.25) is 9.59 Å². The van der Waals surface area contributed by atoms with Gasteiger partial charge in [0.25, 0.3) is 0 Å². The number of carbonyl (C=O) groups is 2. The van der Waals surface area contributed by atoms with Gasteiger partial charge in [-0.15, -0.1) is 0 Å². The summed E-state index contributed by atoms with van der Waals surface area (Å²) in [5.41, 5.74) is -1.12. The van der Waals surface area contributed by atoms with E-state index in [1.54, 1.807) is 0 Å². The Hall–Kier alpha value is -1.62. The molecule has 0 unspecified atom stereocenters. The van der Waals surface area contributed by atoms with Crippen LogP contribution in [0.4, 0.5) is 10.1 Å². The zero-order valence-electron chi connectivity index (χ0n) is 8.67. The standard InChI is InChI=1S/C11H9ClFNO3/c12-7-5-6(13)1-2-8(7)14-9(15)11(3-4-11)10(16)17/h1-2,5H,3-4H2,(H,14,15)(H,16,17). The fraction of sp³-hybridized carbons (Fsp3) is 0.273. The highest BCUT2D eigenvalue weighted by molar-refractivity contribution is 6.34. The van der Waals surface area contributed by atoms with Crippen LogP contribution in [0.2, 0.25) is 5.02 Å². The third-order valence-corrected chi connectivity index (χ3v) is 3.09. The van der Waals surface area contributed by atoms with Gasteiger partial charge in [0.1, 0.15) is 11.2 Å². The van der Waals surface area contributed by atoms with Crippen molar-refractivity contribution in [2.45, 2.75) is 12.8 Å². The van der Waals surface area contributed by atoms with Crippen LogP contribution in [0.5, 0.6) is 0 Å². The van der Waals surface area contributed by atoms with E-state index in [4.69, 9.17) is 16.7 Å². The molecule has 1 amide bonds. The lowest BCUT2D eigenvalue weighted by Crippen LogP contribution is -2.31. The molecule has 0 atom stereocenters. The molecule has 1 aromatic rings. The molecule has 4 nitrogen and oxygen atoms in total. The number of rotatable bonds is 3. The smallest absolute Gasteiger partial charge is 0.319 e. The van der Waals surface area contributed by atoms with E-state index in [-0.39, 0.29) is 10.7 Å². The molecular weight excluding hydrogens is 249 g/mol. The third-order valence-electron chi connectivity index (χ3n) is 2.77. The van der Waals surface area contributed by atoms with E-state index in [0.29, 0.717) is 12.8 Å². The molecule has 0 bridgehead atoms. The fourth-order valence-corrected chi connectivity index (χ4v) is 1.71. The van der Waals surface area contributed by atoms with Crippen molar-refractivity contribution in [2.75, 3.05) is 5.32 Å². The molecule has 6 heteroatoms. The summed E-state index contributed by atoms with van der Waals surface area (Å²) in [4.78, 5) is 22.6. The van der Waals surface area contributed by atoms with E-state index in [0.717, 1.165) is 12.1 Å². The average molecular weight is 258 g/mol. The first-order chi connectivity index (χ1) is 7.95. The molecule has 2 N–H and O–H groups in total. The Kier molecular flexibility index (Phi) is 2.79. The number of anilines is 1. The second-order valence-electron chi connectivity index (χ2n) is 3.97. The number of nitrogens with one attached hydrogen (secondary N) is 1. The third kappa shape index (κ3) is 2.10. The lowest BCUT2D eigenvalue weighted by Gasteiger charge is -2.11. The Bertz CT molecular complexity index is 499. The van der Waals surface area contributed by atoms with E-state index in [9.17, 15) is 14.0 Å². The first-order valence-corrected chi connectivity index (χ1v) is 5.33. The number of hydrogen-bond acceptors (Lipinski definition) is 2. The van der Waals surface area contributed by atoms with Gasteiger partial charge in [-0.2, -0.15) is 0 Å². The van der Waals surface area contributed by atoms with E-state index < -0.39 is 23.1 Å². The zero-order chi connectivity index (χ0) is 12.6. The van der Waals surface area contributed by atoms with Gasteiger partial charge in [-0.25, -0.2) is 4.39 Å². The summed E-state index contributed by atoms with van der Waals surface area (Å²) in [5.74, 6) is -2.28. The molecule has 0 aromatic heterocycles. The van der Waals surface area contributed by atoms with Crippen LogP contribution < -0.4 is 5.32 Å². The van der Waals surface area contributed by atoms with E-state index >= 15 is 0 Å². The Morgan fingerprint density at radius 2 is 2.06 bits per heavy atom. The largest absolute Gasteiger partial charge is 0.480 e. The maximum Gasteiger partial charge on any atom is 0.319 e. The van der Waals surface area contributed by atoms with Crippen LogP contribution >= 0.6 is 11.6 Å². The highest BCUT2D eigenvalue weighted by atomic mass is 35.5. The van der Waals surface area contributed by atoms with Crippen molar-refractivity contribution < 1.29 is 19.1 Å². The molecule has 0 aliphatic heterocycles. The second-order valence-corrected chi connectivity index (χ2v) is 4.37.